The van der Waals surface area contributed by atoms with Gasteiger partial charge in [0, 0.05) is 11.8 Å². The fourth-order valence-electron chi connectivity index (χ4n) is 2.36. The summed E-state index contributed by atoms with van der Waals surface area (Å²) >= 11 is 3.04. The highest BCUT2D eigenvalue weighted by molar-refractivity contribution is 7.20. The Bertz CT molecular complexity index is 674. The molecular formula is C15H19N3O2S2. The summed E-state index contributed by atoms with van der Waals surface area (Å²) in [6.45, 7) is 3.41. The lowest BCUT2D eigenvalue weighted by molar-refractivity contribution is -0.146. The van der Waals surface area contributed by atoms with Crippen LogP contribution in [0.5, 0.6) is 0 Å². The first kappa shape index (κ1) is 15.6. The van der Waals surface area contributed by atoms with E-state index in [0.29, 0.717) is 6.42 Å². The highest BCUT2D eigenvalue weighted by Crippen LogP contribution is 2.33. The Balaban J connectivity index is 1.69. The van der Waals surface area contributed by atoms with E-state index >= 15 is 0 Å². The molecule has 7 heteroatoms. The van der Waals surface area contributed by atoms with Gasteiger partial charge in [0.05, 0.1) is 11.1 Å². The highest BCUT2D eigenvalue weighted by Gasteiger charge is 2.29. The Morgan fingerprint density at radius 1 is 1.36 bits per heavy atom. The van der Waals surface area contributed by atoms with Crippen LogP contribution in [0.25, 0.3) is 10.0 Å². The number of carboxylic acid groups (broad SMARTS) is 1. The molecule has 5 nitrogen and oxygen atoms in total. The standard InChI is InChI=1S/C15H19N3O2S2/c1-15(2,14(19)20)7-11-17-18-13(22-11)12-16-10(8-21-12)6-9-4-3-5-9/h8-9H,3-7H2,1-2H3,(H,19,20). The number of carbonyl (C=O) groups is 1. The van der Waals surface area contributed by atoms with E-state index in [2.05, 4.69) is 20.6 Å². The minimum Gasteiger partial charge on any atom is -0.481 e. The average molecular weight is 337 g/mol. The van der Waals surface area contributed by atoms with Crippen LogP contribution in [0, 0.1) is 11.3 Å². The summed E-state index contributed by atoms with van der Waals surface area (Å²) in [7, 11) is 0. The normalized spacial score (nSPS) is 15.7. The summed E-state index contributed by atoms with van der Waals surface area (Å²) < 4.78 is 0. The smallest absolute Gasteiger partial charge is 0.309 e. The maximum absolute atomic E-state index is 11.2. The topological polar surface area (TPSA) is 76.0 Å². The number of aromatic nitrogens is 3. The molecule has 0 spiro atoms. The molecule has 1 saturated carbocycles. The van der Waals surface area contributed by atoms with Gasteiger partial charge in [0.1, 0.15) is 5.01 Å². The van der Waals surface area contributed by atoms with Crippen molar-refractivity contribution in [2.24, 2.45) is 11.3 Å². The van der Waals surface area contributed by atoms with E-state index in [9.17, 15) is 9.90 Å². The number of thiazole rings is 1. The van der Waals surface area contributed by atoms with Gasteiger partial charge in [-0.1, -0.05) is 30.6 Å². The summed E-state index contributed by atoms with van der Waals surface area (Å²) in [5.41, 5.74) is 0.321. The Hall–Kier alpha value is -1.34. The van der Waals surface area contributed by atoms with Gasteiger partial charge >= 0.3 is 5.97 Å². The van der Waals surface area contributed by atoms with E-state index in [4.69, 9.17) is 0 Å². The van der Waals surface area contributed by atoms with Gasteiger partial charge in [0.2, 0.25) is 0 Å². The zero-order valence-electron chi connectivity index (χ0n) is 12.7. The second-order valence-electron chi connectivity index (χ2n) is 6.51. The summed E-state index contributed by atoms with van der Waals surface area (Å²) in [5, 5.41) is 22.0. The minimum absolute atomic E-state index is 0.389. The summed E-state index contributed by atoms with van der Waals surface area (Å²) in [5.74, 6) is -0.0161. The van der Waals surface area contributed by atoms with Crippen LogP contribution in [0.15, 0.2) is 5.38 Å². The van der Waals surface area contributed by atoms with Crippen LogP contribution >= 0.6 is 22.7 Å². The third-order valence-electron chi connectivity index (χ3n) is 4.10. The molecule has 0 radical (unpaired) electrons. The van der Waals surface area contributed by atoms with E-state index < -0.39 is 11.4 Å². The predicted octanol–water partition coefficient (Wildman–Crippen LogP) is 3.66. The van der Waals surface area contributed by atoms with Crippen molar-refractivity contribution in [3.05, 3.63) is 16.1 Å². The van der Waals surface area contributed by atoms with Gasteiger partial charge in [0.25, 0.3) is 0 Å². The lowest BCUT2D eigenvalue weighted by atomic mass is 9.82. The number of aliphatic carboxylic acids is 1. The molecule has 0 aromatic carbocycles. The van der Waals surface area contributed by atoms with E-state index in [0.717, 1.165) is 33.1 Å². The summed E-state index contributed by atoms with van der Waals surface area (Å²) in [6, 6.07) is 0. The molecule has 2 heterocycles. The first-order valence-corrected chi connectivity index (χ1v) is 9.14. The van der Waals surface area contributed by atoms with Gasteiger partial charge in [-0.25, -0.2) is 4.98 Å². The molecule has 1 fully saturated rings. The Labute approximate surface area is 137 Å². The second kappa shape index (κ2) is 6.04. The molecule has 0 saturated heterocycles. The van der Waals surface area contributed by atoms with Crippen molar-refractivity contribution < 1.29 is 9.90 Å². The monoisotopic (exact) mass is 337 g/mol. The maximum atomic E-state index is 11.2. The molecule has 2 aromatic rings. The van der Waals surface area contributed by atoms with E-state index in [1.165, 1.54) is 30.6 Å². The van der Waals surface area contributed by atoms with Crippen LogP contribution in [0.3, 0.4) is 0 Å². The lowest BCUT2D eigenvalue weighted by Gasteiger charge is -2.24. The number of rotatable bonds is 6. The van der Waals surface area contributed by atoms with Crippen LogP contribution in [0.2, 0.25) is 0 Å². The predicted molar refractivity (Wildman–Crippen MR) is 87.2 cm³/mol. The van der Waals surface area contributed by atoms with Crippen molar-refractivity contribution in [3.63, 3.8) is 0 Å². The fourth-order valence-corrected chi connectivity index (χ4v) is 4.29. The van der Waals surface area contributed by atoms with E-state index in [-0.39, 0.29) is 0 Å². The average Bonchev–Trinajstić information content (AvgIpc) is 3.02. The zero-order valence-corrected chi connectivity index (χ0v) is 14.3. The van der Waals surface area contributed by atoms with Gasteiger partial charge < -0.3 is 5.11 Å². The van der Waals surface area contributed by atoms with Gasteiger partial charge in [-0.05, 0) is 26.2 Å². The molecule has 1 aliphatic rings. The Morgan fingerprint density at radius 2 is 2.14 bits per heavy atom. The first-order chi connectivity index (χ1) is 10.4. The quantitative estimate of drug-likeness (QED) is 0.870. The molecule has 0 unspecified atom stereocenters. The lowest BCUT2D eigenvalue weighted by Crippen LogP contribution is -2.26. The van der Waals surface area contributed by atoms with Gasteiger partial charge in [-0.3, -0.25) is 4.79 Å². The third-order valence-corrected chi connectivity index (χ3v) is 6.05. The Kier molecular flexibility index (Phi) is 4.27. The summed E-state index contributed by atoms with van der Waals surface area (Å²) in [4.78, 5) is 15.8. The zero-order chi connectivity index (χ0) is 15.7. The molecular weight excluding hydrogens is 318 g/mol. The molecule has 1 N–H and O–H groups in total. The molecule has 22 heavy (non-hydrogen) atoms. The van der Waals surface area contributed by atoms with Crippen LogP contribution in [-0.2, 0) is 17.6 Å². The number of nitrogens with zero attached hydrogens (tertiary/aromatic N) is 3. The largest absolute Gasteiger partial charge is 0.481 e. The first-order valence-electron chi connectivity index (χ1n) is 7.44. The van der Waals surface area contributed by atoms with Crippen LogP contribution in [0.1, 0.15) is 43.8 Å². The van der Waals surface area contributed by atoms with E-state index in [1.54, 1.807) is 25.2 Å². The SMILES string of the molecule is CC(C)(Cc1nnc(-c2nc(CC3CCC3)cs2)s1)C(=O)O. The number of carboxylic acids is 1. The molecule has 2 aromatic heterocycles. The number of hydrogen-bond acceptors (Lipinski definition) is 6. The van der Waals surface area contributed by atoms with Crippen molar-refractivity contribution >= 4 is 28.6 Å². The molecule has 3 rings (SSSR count). The molecule has 118 valence electrons. The summed E-state index contributed by atoms with van der Waals surface area (Å²) in [6.07, 6.45) is 5.44. The Morgan fingerprint density at radius 3 is 2.77 bits per heavy atom. The van der Waals surface area contributed by atoms with Crippen LogP contribution in [-0.4, -0.2) is 26.3 Å². The number of hydrogen-bond donors (Lipinski definition) is 1. The van der Waals surface area contributed by atoms with Gasteiger partial charge in [-0.2, -0.15) is 0 Å². The van der Waals surface area contributed by atoms with Gasteiger partial charge in [-0.15, -0.1) is 21.5 Å². The van der Waals surface area contributed by atoms with Crippen molar-refractivity contribution in [2.45, 2.75) is 46.0 Å². The fraction of sp³-hybridized carbons (Fsp3) is 0.600. The van der Waals surface area contributed by atoms with Crippen LogP contribution < -0.4 is 0 Å². The van der Waals surface area contributed by atoms with Crippen LogP contribution in [0.4, 0.5) is 0 Å². The third kappa shape index (κ3) is 3.35. The molecule has 1 aliphatic carbocycles. The molecule has 0 bridgehead atoms. The van der Waals surface area contributed by atoms with Crippen molar-refractivity contribution in [1.29, 1.82) is 0 Å². The molecule has 0 amide bonds. The highest BCUT2D eigenvalue weighted by atomic mass is 32.1. The minimum atomic E-state index is -0.824. The van der Waals surface area contributed by atoms with Crippen molar-refractivity contribution in [1.82, 2.24) is 15.2 Å². The second-order valence-corrected chi connectivity index (χ2v) is 8.43. The van der Waals surface area contributed by atoms with Crippen molar-refractivity contribution in [3.8, 4) is 10.0 Å². The maximum Gasteiger partial charge on any atom is 0.309 e. The van der Waals surface area contributed by atoms with Gasteiger partial charge in [0.15, 0.2) is 10.0 Å². The molecule has 0 aliphatic heterocycles. The molecule has 0 atom stereocenters. The van der Waals surface area contributed by atoms with Crippen molar-refractivity contribution in [2.75, 3.05) is 0 Å². The van der Waals surface area contributed by atoms with E-state index in [1.807, 2.05) is 0 Å².